The van der Waals surface area contributed by atoms with E-state index in [2.05, 4.69) is 0 Å². The molecule has 0 aromatic heterocycles. The van der Waals surface area contributed by atoms with Crippen LogP contribution in [0.3, 0.4) is 0 Å². The fourth-order valence-electron chi connectivity index (χ4n) is 4.50. The average molecular weight is 223 g/mol. The molecule has 4 saturated carbocycles. The van der Waals surface area contributed by atoms with E-state index in [0.717, 1.165) is 24.7 Å². The number of primary amides is 1. The number of amides is 1. The van der Waals surface area contributed by atoms with Crippen LogP contribution in [0.2, 0.25) is 0 Å². The fourth-order valence-corrected chi connectivity index (χ4v) is 4.93. The summed E-state index contributed by atoms with van der Waals surface area (Å²) in [5.74, 6) is 2.12. The maximum absolute atomic E-state index is 11.2. The minimum atomic E-state index is -0.167. The van der Waals surface area contributed by atoms with Crippen LogP contribution >= 0.6 is 12.2 Å². The lowest BCUT2D eigenvalue weighted by molar-refractivity contribution is -0.121. The highest BCUT2D eigenvalue weighted by atomic mass is 32.1. The average Bonchev–Trinajstić information content (AvgIpc) is 2.11. The van der Waals surface area contributed by atoms with Crippen LogP contribution < -0.4 is 5.73 Å². The van der Waals surface area contributed by atoms with Crippen molar-refractivity contribution in [2.75, 3.05) is 0 Å². The molecule has 0 spiro atoms. The molecule has 4 aliphatic carbocycles. The third kappa shape index (κ3) is 1.36. The summed E-state index contributed by atoms with van der Waals surface area (Å²) in [4.78, 5) is 12.4. The Hall–Kier alpha value is -0.440. The zero-order valence-electron chi connectivity index (χ0n) is 8.87. The van der Waals surface area contributed by atoms with Crippen LogP contribution in [0, 0.1) is 23.2 Å². The van der Waals surface area contributed by atoms with Crippen molar-refractivity contribution in [3.05, 3.63) is 0 Å². The molecule has 4 bridgehead atoms. The lowest BCUT2D eigenvalue weighted by atomic mass is 9.48. The molecule has 3 heteroatoms. The fraction of sp³-hybridized carbons (Fsp3) is 0.833. The predicted molar refractivity (Wildman–Crippen MR) is 62.4 cm³/mol. The molecule has 0 heterocycles. The molecular formula is C12H17NOS. The third-order valence-corrected chi connectivity index (χ3v) is 5.43. The second-order valence-electron chi connectivity index (χ2n) is 5.83. The minimum absolute atomic E-state index is 0.0376. The van der Waals surface area contributed by atoms with Crippen LogP contribution in [0.1, 0.15) is 38.5 Å². The lowest BCUT2D eigenvalue weighted by Gasteiger charge is -2.57. The Balaban J connectivity index is 1.94. The van der Waals surface area contributed by atoms with Crippen molar-refractivity contribution in [1.82, 2.24) is 0 Å². The number of carbonyl (C=O) groups is 1. The molecule has 4 rings (SSSR count). The summed E-state index contributed by atoms with van der Waals surface area (Å²) in [6, 6.07) is 0. The molecule has 0 radical (unpaired) electrons. The van der Waals surface area contributed by atoms with Crippen molar-refractivity contribution in [3.8, 4) is 0 Å². The molecule has 2 N–H and O–H groups in total. The Morgan fingerprint density at radius 3 is 2.47 bits per heavy atom. The first-order valence-corrected chi connectivity index (χ1v) is 6.32. The minimum Gasteiger partial charge on any atom is -0.370 e. The molecule has 0 aromatic carbocycles. The van der Waals surface area contributed by atoms with Gasteiger partial charge in [0.15, 0.2) is 0 Å². The summed E-state index contributed by atoms with van der Waals surface area (Å²) in [7, 11) is 0. The number of rotatable bonds is 2. The molecule has 0 aliphatic heterocycles. The second kappa shape index (κ2) is 3.03. The summed E-state index contributed by atoms with van der Waals surface area (Å²) in [5, 5.41) is 0. The summed E-state index contributed by atoms with van der Waals surface area (Å²) < 4.78 is 0. The number of carbonyl (C=O) groups excluding carboxylic acids is 1. The zero-order chi connectivity index (χ0) is 10.6. The topological polar surface area (TPSA) is 43.1 Å². The molecule has 2 nitrogen and oxygen atoms in total. The van der Waals surface area contributed by atoms with Crippen LogP contribution in [0.25, 0.3) is 0 Å². The number of hydrogen-bond donors (Lipinski definition) is 1. The molecule has 0 saturated heterocycles. The van der Waals surface area contributed by atoms with E-state index in [9.17, 15) is 4.79 Å². The Morgan fingerprint density at radius 2 is 1.93 bits per heavy atom. The van der Waals surface area contributed by atoms with Crippen LogP contribution in [-0.4, -0.2) is 10.8 Å². The predicted octanol–water partition coefficient (Wildman–Crippen LogP) is 2.06. The monoisotopic (exact) mass is 223 g/mol. The van der Waals surface area contributed by atoms with E-state index in [1.807, 2.05) is 0 Å². The van der Waals surface area contributed by atoms with Gasteiger partial charge in [-0.1, -0.05) is 12.2 Å². The first kappa shape index (κ1) is 9.76. The van der Waals surface area contributed by atoms with Gasteiger partial charge in [0, 0.05) is 16.7 Å². The number of hydrogen-bond acceptors (Lipinski definition) is 2. The van der Waals surface area contributed by atoms with Crippen LogP contribution in [0.15, 0.2) is 0 Å². The van der Waals surface area contributed by atoms with Gasteiger partial charge in [-0.25, -0.2) is 0 Å². The molecule has 4 fully saturated rings. The van der Waals surface area contributed by atoms with E-state index < -0.39 is 0 Å². The Kier molecular flexibility index (Phi) is 1.97. The van der Waals surface area contributed by atoms with E-state index in [4.69, 9.17) is 18.0 Å². The first-order chi connectivity index (χ1) is 7.09. The van der Waals surface area contributed by atoms with E-state index in [1.165, 1.54) is 24.1 Å². The van der Waals surface area contributed by atoms with Gasteiger partial charge >= 0.3 is 0 Å². The van der Waals surface area contributed by atoms with Crippen molar-refractivity contribution in [2.45, 2.75) is 38.5 Å². The Bertz CT molecular complexity index is 325. The van der Waals surface area contributed by atoms with Gasteiger partial charge in [-0.2, -0.15) is 0 Å². The van der Waals surface area contributed by atoms with Gasteiger partial charge in [0.05, 0.1) is 0 Å². The smallest absolute Gasteiger partial charge is 0.218 e. The van der Waals surface area contributed by atoms with Crippen molar-refractivity contribution in [2.24, 2.45) is 28.9 Å². The molecule has 1 amide bonds. The SMILES string of the molecule is NC(=O)CC12CC3CC(CC(C3)C1=S)C2. The highest BCUT2D eigenvalue weighted by molar-refractivity contribution is 7.80. The van der Waals surface area contributed by atoms with Crippen LogP contribution in [-0.2, 0) is 4.79 Å². The van der Waals surface area contributed by atoms with Crippen LogP contribution in [0.5, 0.6) is 0 Å². The molecule has 0 aromatic rings. The summed E-state index contributed by atoms with van der Waals surface area (Å²) in [6.45, 7) is 0. The van der Waals surface area contributed by atoms with Gasteiger partial charge in [-0.3, -0.25) is 4.79 Å². The number of nitrogens with two attached hydrogens (primary N) is 1. The normalized spacial score (nSPS) is 47.2. The lowest BCUT2D eigenvalue weighted by Crippen LogP contribution is -2.53. The van der Waals surface area contributed by atoms with Gasteiger partial charge < -0.3 is 5.73 Å². The molecule has 2 atom stereocenters. The van der Waals surface area contributed by atoms with Crippen LogP contribution in [0.4, 0.5) is 0 Å². The van der Waals surface area contributed by atoms with Gasteiger partial charge in [0.2, 0.25) is 5.91 Å². The van der Waals surface area contributed by atoms with Crippen molar-refractivity contribution in [1.29, 1.82) is 0 Å². The highest BCUT2D eigenvalue weighted by Crippen LogP contribution is 2.59. The Morgan fingerprint density at radius 1 is 1.33 bits per heavy atom. The molecule has 82 valence electrons. The maximum atomic E-state index is 11.2. The molecule has 15 heavy (non-hydrogen) atoms. The van der Waals surface area contributed by atoms with Gasteiger partial charge in [-0.15, -0.1) is 0 Å². The van der Waals surface area contributed by atoms with Gasteiger partial charge in [0.1, 0.15) is 0 Å². The zero-order valence-corrected chi connectivity index (χ0v) is 9.69. The summed E-state index contributed by atoms with van der Waals surface area (Å²) in [6.07, 6.45) is 6.74. The van der Waals surface area contributed by atoms with E-state index >= 15 is 0 Å². The summed E-state index contributed by atoms with van der Waals surface area (Å²) in [5.41, 5.74) is 5.42. The van der Waals surface area contributed by atoms with Gasteiger partial charge in [-0.05, 0) is 49.9 Å². The van der Waals surface area contributed by atoms with E-state index in [0.29, 0.717) is 12.3 Å². The van der Waals surface area contributed by atoms with E-state index in [1.54, 1.807) is 0 Å². The second-order valence-corrected chi connectivity index (χ2v) is 6.27. The van der Waals surface area contributed by atoms with E-state index in [-0.39, 0.29) is 11.3 Å². The standard InChI is InChI=1S/C12H17NOS/c13-10(14)6-12-4-7-1-8(5-12)3-9(2-7)11(12)15/h7-9H,1-6H2,(H2,13,14). The third-order valence-electron chi connectivity index (χ3n) is 4.67. The van der Waals surface area contributed by atoms with Crippen molar-refractivity contribution in [3.63, 3.8) is 0 Å². The first-order valence-electron chi connectivity index (χ1n) is 5.92. The van der Waals surface area contributed by atoms with Crippen molar-refractivity contribution >= 4 is 23.0 Å². The largest absolute Gasteiger partial charge is 0.370 e. The molecule has 4 aliphatic rings. The maximum Gasteiger partial charge on any atom is 0.218 e. The molecular weight excluding hydrogens is 206 g/mol. The van der Waals surface area contributed by atoms with Crippen molar-refractivity contribution < 1.29 is 4.79 Å². The highest BCUT2D eigenvalue weighted by Gasteiger charge is 2.54. The van der Waals surface area contributed by atoms with Gasteiger partial charge in [0.25, 0.3) is 0 Å². The summed E-state index contributed by atoms with van der Waals surface area (Å²) >= 11 is 5.60. The molecule has 2 unspecified atom stereocenters. The number of thiocarbonyl (C=S) groups is 1. The Labute approximate surface area is 95.6 Å². The quantitative estimate of drug-likeness (QED) is 0.728.